The van der Waals surface area contributed by atoms with Gasteiger partial charge in [-0.1, -0.05) is 11.6 Å². The molecule has 2 N–H and O–H groups in total. The van der Waals surface area contributed by atoms with Gasteiger partial charge in [-0.2, -0.15) is 0 Å². The highest BCUT2D eigenvalue weighted by Gasteiger charge is 2.42. The summed E-state index contributed by atoms with van der Waals surface area (Å²) in [5, 5.41) is 3.05. The van der Waals surface area contributed by atoms with Gasteiger partial charge in [-0.25, -0.2) is 9.37 Å². The van der Waals surface area contributed by atoms with Crippen molar-refractivity contribution < 1.29 is 4.39 Å². The first-order valence-corrected chi connectivity index (χ1v) is 6.55. The number of rotatable bonds is 2. The summed E-state index contributed by atoms with van der Waals surface area (Å²) < 4.78 is 13.7. The first-order chi connectivity index (χ1) is 8.08. The number of halogens is 2. The Kier molecular flexibility index (Phi) is 2.47. The molecule has 0 saturated heterocycles. The van der Waals surface area contributed by atoms with Crippen LogP contribution in [0.1, 0.15) is 18.5 Å². The SMILES string of the molecule is NC1(c2csc(-c3cc(Cl)ccc3F)n2)CC1. The summed E-state index contributed by atoms with van der Waals surface area (Å²) >= 11 is 7.26. The largest absolute Gasteiger partial charge is 0.320 e. The average molecular weight is 269 g/mol. The van der Waals surface area contributed by atoms with E-state index in [1.54, 1.807) is 6.07 Å². The lowest BCUT2D eigenvalue weighted by molar-refractivity contribution is 0.631. The van der Waals surface area contributed by atoms with Crippen molar-refractivity contribution in [2.75, 3.05) is 0 Å². The zero-order valence-corrected chi connectivity index (χ0v) is 10.5. The van der Waals surface area contributed by atoms with Crippen molar-refractivity contribution in [3.8, 4) is 10.6 Å². The van der Waals surface area contributed by atoms with Crippen LogP contribution in [0.3, 0.4) is 0 Å². The molecule has 1 aliphatic carbocycles. The number of hydrogen-bond acceptors (Lipinski definition) is 3. The van der Waals surface area contributed by atoms with Crippen molar-refractivity contribution >= 4 is 22.9 Å². The van der Waals surface area contributed by atoms with E-state index in [9.17, 15) is 4.39 Å². The van der Waals surface area contributed by atoms with Gasteiger partial charge in [0.2, 0.25) is 0 Å². The molecule has 1 aromatic carbocycles. The molecule has 0 spiro atoms. The smallest absolute Gasteiger partial charge is 0.133 e. The highest BCUT2D eigenvalue weighted by atomic mass is 35.5. The monoisotopic (exact) mass is 268 g/mol. The number of aromatic nitrogens is 1. The molecule has 0 bridgehead atoms. The molecular weight excluding hydrogens is 259 g/mol. The molecule has 0 unspecified atom stereocenters. The zero-order chi connectivity index (χ0) is 12.0. The van der Waals surface area contributed by atoms with Crippen molar-refractivity contribution in [2.24, 2.45) is 5.73 Å². The summed E-state index contributed by atoms with van der Waals surface area (Å²) in [4.78, 5) is 4.41. The summed E-state index contributed by atoms with van der Waals surface area (Å²) in [6, 6.07) is 4.48. The van der Waals surface area contributed by atoms with Gasteiger partial charge in [0.15, 0.2) is 0 Å². The third kappa shape index (κ3) is 1.97. The minimum absolute atomic E-state index is 0.274. The fraction of sp³-hybridized carbons (Fsp3) is 0.250. The molecule has 5 heteroatoms. The van der Waals surface area contributed by atoms with E-state index in [1.165, 1.54) is 23.5 Å². The summed E-state index contributed by atoms with van der Waals surface area (Å²) in [5.41, 5.74) is 7.08. The fourth-order valence-corrected chi connectivity index (χ4v) is 2.80. The molecule has 88 valence electrons. The summed E-state index contributed by atoms with van der Waals surface area (Å²) in [7, 11) is 0. The topological polar surface area (TPSA) is 38.9 Å². The molecule has 1 aliphatic rings. The second-order valence-electron chi connectivity index (χ2n) is 4.32. The lowest BCUT2D eigenvalue weighted by atomic mass is 10.2. The van der Waals surface area contributed by atoms with Crippen LogP contribution in [0.15, 0.2) is 23.6 Å². The van der Waals surface area contributed by atoms with E-state index in [0.29, 0.717) is 15.6 Å². The highest BCUT2D eigenvalue weighted by Crippen LogP contribution is 2.44. The number of hydrogen-bond donors (Lipinski definition) is 1. The average Bonchev–Trinajstić information content (AvgIpc) is 2.88. The van der Waals surface area contributed by atoms with Gasteiger partial charge in [-0.3, -0.25) is 0 Å². The molecule has 1 heterocycles. The molecule has 1 aromatic heterocycles. The van der Waals surface area contributed by atoms with Gasteiger partial charge in [-0.05, 0) is 31.0 Å². The Morgan fingerprint density at radius 2 is 2.18 bits per heavy atom. The molecule has 3 rings (SSSR count). The second kappa shape index (κ2) is 3.77. The van der Waals surface area contributed by atoms with Crippen LogP contribution in [-0.2, 0) is 5.54 Å². The minimum atomic E-state index is -0.308. The van der Waals surface area contributed by atoms with Crippen molar-refractivity contribution in [2.45, 2.75) is 18.4 Å². The van der Waals surface area contributed by atoms with E-state index in [-0.39, 0.29) is 11.4 Å². The Hall–Kier alpha value is -0.970. The highest BCUT2D eigenvalue weighted by molar-refractivity contribution is 7.13. The van der Waals surface area contributed by atoms with E-state index in [1.807, 2.05) is 5.38 Å². The first kappa shape index (κ1) is 11.1. The third-order valence-electron chi connectivity index (χ3n) is 2.96. The predicted molar refractivity (Wildman–Crippen MR) is 67.6 cm³/mol. The van der Waals surface area contributed by atoms with Gasteiger partial charge in [0.05, 0.1) is 11.2 Å². The molecule has 2 aromatic rings. The van der Waals surface area contributed by atoms with Gasteiger partial charge >= 0.3 is 0 Å². The van der Waals surface area contributed by atoms with Crippen LogP contribution in [0.5, 0.6) is 0 Å². The van der Waals surface area contributed by atoms with E-state index in [4.69, 9.17) is 17.3 Å². The molecule has 0 aliphatic heterocycles. The molecule has 17 heavy (non-hydrogen) atoms. The third-order valence-corrected chi connectivity index (χ3v) is 4.07. The summed E-state index contributed by atoms with van der Waals surface area (Å²) in [5.74, 6) is -0.308. The summed E-state index contributed by atoms with van der Waals surface area (Å²) in [6.45, 7) is 0. The number of nitrogens with two attached hydrogens (primary N) is 1. The Balaban J connectivity index is 2.03. The Morgan fingerprint density at radius 3 is 2.88 bits per heavy atom. The maximum Gasteiger partial charge on any atom is 0.133 e. The van der Waals surface area contributed by atoms with Gasteiger partial charge in [0.25, 0.3) is 0 Å². The van der Waals surface area contributed by atoms with Gasteiger partial charge in [0.1, 0.15) is 10.8 Å². The zero-order valence-electron chi connectivity index (χ0n) is 8.91. The fourth-order valence-electron chi connectivity index (χ4n) is 1.68. The Bertz CT molecular complexity index is 578. The van der Waals surface area contributed by atoms with E-state index in [0.717, 1.165) is 18.5 Å². The Labute approximate surface area is 107 Å². The molecule has 1 fully saturated rings. The molecule has 0 atom stereocenters. The van der Waals surface area contributed by atoms with Crippen LogP contribution in [0, 0.1) is 5.82 Å². The predicted octanol–water partition coefficient (Wildman–Crippen LogP) is 3.55. The lowest BCUT2D eigenvalue weighted by Gasteiger charge is -2.03. The van der Waals surface area contributed by atoms with Crippen molar-refractivity contribution in [1.29, 1.82) is 0 Å². The van der Waals surface area contributed by atoms with Gasteiger partial charge in [0, 0.05) is 16.0 Å². The van der Waals surface area contributed by atoms with Crippen molar-refractivity contribution in [3.05, 3.63) is 40.1 Å². The van der Waals surface area contributed by atoms with Gasteiger partial charge in [-0.15, -0.1) is 11.3 Å². The van der Waals surface area contributed by atoms with Crippen LogP contribution in [0.4, 0.5) is 4.39 Å². The van der Waals surface area contributed by atoms with Crippen LogP contribution in [0.2, 0.25) is 5.02 Å². The quantitative estimate of drug-likeness (QED) is 0.905. The van der Waals surface area contributed by atoms with Crippen LogP contribution < -0.4 is 5.73 Å². The Morgan fingerprint density at radius 1 is 1.41 bits per heavy atom. The number of thiazole rings is 1. The van der Waals surface area contributed by atoms with Crippen molar-refractivity contribution in [1.82, 2.24) is 4.98 Å². The molecule has 2 nitrogen and oxygen atoms in total. The lowest BCUT2D eigenvalue weighted by Crippen LogP contribution is -2.18. The second-order valence-corrected chi connectivity index (χ2v) is 5.61. The van der Waals surface area contributed by atoms with Crippen LogP contribution in [0.25, 0.3) is 10.6 Å². The number of nitrogens with zero attached hydrogens (tertiary/aromatic N) is 1. The molecule has 0 radical (unpaired) electrons. The maximum atomic E-state index is 13.7. The van der Waals surface area contributed by atoms with Crippen molar-refractivity contribution in [3.63, 3.8) is 0 Å². The van der Waals surface area contributed by atoms with E-state index >= 15 is 0 Å². The van der Waals surface area contributed by atoms with Crippen LogP contribution >= 0.6 is 22.9 Å². The molecule has 1 saturated carbocycles. The minimum Gasteiger partial charge on any atom is -0.320 e. The standard InChI is InChI=1S/C12H10ClFN2S/c13-7-1-2-9(14)8(5-7)11-16-10(6-17-11)12(15)3-4-12/h1-2,5-6H,3-4,15H2. The molecular formula is C12H10ClFN2S. The molecule has 0 amide bonds. The maximum absolute atomic E-state index is 13.7. The summed E-state index contributed by atoms with van der Waals surface area (Å²) in [6.07, 6.45) is 1.91. The van der Waals surface area contributed by atoms with E-state index < -0.39 is 0 Å². The normalized spacial score (nSPS) is 17.1. The van der Waals surface area contributed by atoms with Crippen LogP contribution in [-0.4, -0.2) is 4.98 Å². The number of benzene rings is 1. The van der Waals surface area contributed by atoms with Gasteiger partial charge < -0.3 is 5.73 Å². The van der Waals surface area contributed by atoms with E-state index in [2.05, 4.69) is 4.98 Å². The first-order valence-electron chi connectivity index (χ1n) is 5.29.